The molecular weight excluding hydrogens is 561 g/mol. The van der Waals surface area contributed by atoms with Gasteiger partial charge in [-0.05, 0) is 57.4 Å². The molecule has 0 aromatic heterocycles. The van der Waals surface area contributed by atoms with Crippen LogP contribution in [0, 0.1) is 15.0 Å². The van der Waals surface area contributed by atoms with Crippen molar-refractivity contribution in [2.24, 2.45) is 10.8 Å². The summed E-state index contributed by atoms with van der Waals surface area (Å²) in [4.78, 5) is 25.6. The molecule has 0 fully saturated rings. The van der Waals surface area contributed by atoms with Crippen molar-refractivity contribution in [3.8, 4) is 0 Å². The van der Waals surface area contributed by atoms with Gasteiger partial charge in [0.1, 0.15) is 0 Å². The van der Waals surface area contributed by atoms with Crippen LogP contribution >= 0.6 is 0 Å². The standard InChI is InChI=1S/C36H40N2O2.Mn.N/c1-35(2,3)29-17-19-31(39)27(21-29)23-37-33(25-13-9-7-10-14-25)34(26-15-11-8-12-16-26)38-24-28-22-30(36(4,5)6)18-20-32(28)40;;/h7-24,33-34,37-38H,1-6H3;;/b27-23-,28-24-;;/t33-,34-;;/m1../s1. The van der Waals surface area contributed by atoms with Crippen LogP contribution < -0.4 is 10.6 Å². The number of ketones is 2. The van der Waals surface area contributed by atoms with Gasteiger partial charge in [-0.15, -0.1) is 0 Å². The van der Waals surface area contributed by atoms with Gasteiger partial charge in [-0.2, -0.15) is 0 Å². The van der Waals surface area contributed by atoms with E-state index in [1.807, 2.05) is 88.7 Å². The van der Waals surface area contributed by atoms with Gasteiger partial charge < -0.3 is 10.6 Å². The van der Waals surface area contributed by atoms with E-state index in [-0.39, 0.29) is 34.5 Å². The summed E-state index contributed by atoms with van der Waals surface area (Å²) in [7, 11) is 0. The SMILES string of the molecule is CC(C)(C)C1=C/C(=C/N[C@H](c2ccccc2)[C@H](N/C=C2/C=C(C(C)(C)C)C=CC2=O)c2ccccc2)C(=O)C=C1.[N]#[Mn]. The quantitative estimate of drug-likeness (QED) is 0.252. The number of rotatable bonds is 7. The Balaban J connectivity index is 0.00000237. The van der Waals surface area contributed by atoms with Gasteiger partial charge in [-0.25, -0.2) is 0 Å². The summed E-state index contributed by atoms with van der Waals surface area (Å²) >= 11 is 1.94. The monoisotopic (exact) mass is 601 g/mol. The van der Waals surface area contributed by atoms with Crippen molar-refractivity contribution in [1.29, 1.82) is 4.20 Å². The number of carbonyl (C=O) groups excluding carboxylic acids is 2. The molecule has 42 heavy (non-hydrogen) atoms. The minimum absolute atomic E-state index is 0.0295. The first kappa shape index (κ1) is 32.6. The number of benzene rings is 2. The summed E-state index contributed by atoms with van der Waals surface area (Å²) in [6.45, 7) is 12.8. The van der Waals surface area contributed by atoms with Crippen LogP contribution in [0.25, 0.3) is 0 Å². The number of hydrogen-bond donors (Lipinski definition) is 2. The number of nitrogens with one attached hydrogen (secondary N) is 2. The fourth-order valence-electron chi connectivity index (χ4n) is 4.71. The van der Waals surface area contributed by atoms with Crippen molar-refractivity contribution < 1.29 is 25.2 Å². The van der Waals surface area contributed by atoms with Crippen molar-refractivity contribution in [3.63, 3.8) is 0 Å². The number of carbonyl (C=O) groups is 2. The minimum atomic E-state index is -0.238. The van der Waals surface area contributed by atoms with Crippen molar-refractivity contribution in [2.45, 2.75) is 53.6 Å². The molecule has 0 unspecified atom stereocenters. The van der Waals surface area contributed by atoms with Gasteiger partial charge in [-0.3, -0.25) is 9.59 Å². The maximum atomic E-state index is 12.8. The summed E-state index contributed by atoms with van der Waals surface area (Å²) in [5, 5.41) is 7.14. The fraction of sp³-hybridized carbons (Fsp3) is 0.278. The first-order valence-electron chi connectivity index (χ1n) is 14.0. The molecule has 0 spiro atoms. The first-order chi connectivity index (χ1) is 19.9. The van der Waals surface area contributed by atoms with Gasteiger partial charge in [0.05, 0.1) is 12.1 Å². The van der Waals surface area contributed by atoms with E-state index in [1.54, 1.807) is 12.2 Å². The van der Waals surface area contributed by atoms with Crippen LogP contribution in [0.2, 0.25) is 0 Å². The van der Waals surface area contributed by atoms with Gasteiger partial charge in [0, 0.05) is 23.5 Å². The molecule has 2 N–H and O–H groups in total. The summed E-state index contributed by atoms with van der Waals surface area (Å²) in [6.07, 6.45) is 14.7. The van der Waals surface area contributed by atoms with Crippen LogP contribution in [0.4, 0.5) is 0 Å². The Morgan fingerprint density at radius 1 is 0.595 bits per heavy atom. The van der Waals surface area contributed by atoms with E-state index in [9.17, 15) is 9.59 Å². The van der Waals surface area contributed by atoms with E-state index in [0.29, 0.717) is 11.1 Å². The topological polar surface area (TPSA) is 82.0 Å². The third kappa shape index (κ3) is 8.53. The van der Waals surface area contributed by atoms with E-state index in [2.05, 4.69) is 76.4 Å². The summed E-state index contributed by atoms with van der Waals surface area (Å²) < 4.78 is 6.81. The van der Waals surface area contributed by atoms with Crippen LogP contribution in [0.5, 0.6) is 0 Å². The molecule has 0 heterocycles. The van der Waals surface area contributed by atoms with Crippen LogP contribution in [-0.2, 0) is 25.2 Å². The average Bonchev–Trinajstić information content (AvgIpc) is 2.97. The van der Waals surface area contributed by atoms with E-state index in [4.69, 9.17) is 4.20 Å². The number of nitrogens with zero attached hydrogens (tertiary/aromatic N) is 1. The molecule has 0 aliphatic heterocycles. The van der Waals surface area contributed by atoms with Gasteiger partial charge in [0.25, 0.3) is 0 Å². The second kappa shape index (κ2) is 14.3. The summed E-state index contributed by atoms with van der Waals surface area (Å²) in [6, 6.07) is 19.9. The zero-order chi connectivity index (χ0) is 30.9. The van der Waals surface area contributed by atoms with Gasteiger partial charge >= 0.3 is 19.8 Å². The van der Waals surface area contributed by atoms with E-state index in [1.165, 1.54) is 0 Å². The molecule has 6 heteroatoms. The molecule has 2 aromatic rings. The van der Waals surface area contributed by atoms with Crippen LogP contribution in [0.3, 0.4) is 0 Å². The third-order valence-electron chi connectivity index (χ3n) is 7.24. The molecular formula is C36H40MnN3O2. The molecule has 5 nitrogen and oxygen atoms in total. The van der Waals surface area contributed by atoms with Gasteiger partial charge in [0.15, 0.2) is 11.6 Å². The Morgan fingerprint density at radius 3 is 1.24 bits per heavy atom. The Labute approximate surface area is 258 Å². The molecule has 0 bridgehead atoms. The molecule has 0 amide bonds. The third-order valence-corrected chi connectivity index (χ3v) is 7.24. The fourth-order valence-corrected chi connectivity index (χ4v) is 4.71. The molecule has 2 atom stereocenters. The molecule has 2 aliphatic carbocycles. The van der Waals surface area contributed by atoms with Gasteiger partial charge in [0.2, 0.25) is 0 Å². The molecule has 2 aromatic carbocycles. The zero-order valence-electron chi connectivity index (χ0n) is 25.2. The normalized spacial score (nSPS) is 18.5. The Morgan fingerprint density at radius 2 is 0.929 bits per heavy atom. The second-order valence-corrected chi connectivity index (χ2v) is 12.4. The van der Waals surface area contributed by atoms with Crippen molar-refractivity contribution in [2.75, 3.05) is 0 Å². The number of hydrogen-bond acceptors (Lipinski definition) is 5. The average molecular weight is 602 g/mol. The van der Waals surface area contributed by atoms with E-state index >= 15 is 0 Å². The maximum absolute atomic E-state index is 12.8. The zero-order valence-corrected chi connectivity index (χ0v) is 26.4. The molecule has 0 radical (unpaired) electrons. The Kier molecular flexibility index (Phi) is 11.1. The number of allylic oxidation sites excluding steroid dienone is 10. The molecule has 218 valence electrons. The predicted molar refractivity (Wildman–Crippen MR) is 166 cm³/mol. The van der Waals surface area contributed by atoms with Gasteiger partial charge in [-0.1, -0.05) is 114 Å². The van der Waals surface area contributed by atoms with Crippen LogP contribution in [-0.4, -0.2) is 11.6 Å². The second-order valence-electron chi connectivity index (χ2n) is 12.4. The summed E-state index contributed by atoms with van der Waals surface area (Å²) in [5.74, 6) is -0.0591. The molecule has 4 rings (SSSR count). The van der Waals surface area contributed by atoms with Crippen molar-refractivity contribution >= 4 is 11.6 Å². The molecule has 2 aliphatic rings. The summed E-state index contributed by atoms with van der Waals surface area (Å²) in [5.41, 5.74) is 5.39. The van der Waals surface area contributed by atoms with Crippen molar-refractivity contribution in [3.05, 3.63) is 143 Å². The molecule has 0 saturated heterocycles. The first-order valence-corrected chi connectivity index (χ1v) is 14.5. The van der Waals surface area contributed by atoms with Crippen molar-refractivity contribution in [1.82, 2.24) is 10.6 Å². The van der Waals surface area contributed by atoms with E-state index < -0.39 is 0 Å². The Bertz CT molecular complexity index is 1370. The predicted octanol–water partition coefficient (Wildman–Crippen LogP) is 7.65. The van der Waals surface area contributed by atoms with Crippen LogP contribution in [0.1, 0.15) is 64.8 Å². The van der Waals surface area contributed by atoms with Crippen LogP contribution in [0.15, 0.2) is 132 Å². The molecule has 0 saturated carbocycles. The van der Waals surface area contributed by atoms with E-state index in [0.717, 1.165) is 22.3 Å². The Hall–Kier alpha value is -3.95.